The second-order valence-corrected chi connectivity index (χ2v) is 33.5. The van der Waals surface area contributed by atoms with Gasteiger partial charge in [-0.15, -0.1) is 0 Å². The van der Waals surface area contributed by atoms with Gasteiger partial charge in [-0.3, -0.25) is 37.3 Å². The summed E-state index contributed by atoms with van der Waals surface area (Å²) in [5.41, 5.74) is 0. The second-order valence-electron chi connectivity index (χ2n) is 30.6. The number of carbonyl (C=O) groups excluding carboxylic acids is 4. The molecule has 19 heteroatoms. The van der Waals surface area contributed by atoms with E-state index in [4.69, 9.17) is 37.0 Å². The summed E-state index contributed by atoms with van der Waals surface area (Å²) < 4.78 is 68.5. The Bertz CT molecular complexity index is 1960. The molecule has 0 aromatic rings. The molecule has 0 aliphatic rings. The van der Waals surface area contributed by atoms with Gasteiger partial charge < -0.3 is 33.8 Å². The van der Waals surface area contributed by atoms with E-state index in [2.05, 4.69) is 41.5 Å². The second kappa shape index (κ2) is 74.5. The van der Waals surface area contributed by atoms with Crippen LogP contribution in [0.5, 0.6) is 0 Å². The molecular formula is C83H162O17P2. The SMILES string of the molecule is CCCCCCCCCCCCCCCCCCCCCCCC(=O)OC[C@H](COP(=O)(O)OC[C@@H](O)COP(=O)(O)OC[C@@H](COC(=O)CCCCCCC)OC(=O)CCCCCCCCCCCCCC(C)C)OC(=O)CCCCCCCCCCCCCCCCCCCCC(C)CC. The van der Waals surface area contributed by atoms with Gasteiger partial charge in [-0.05, 0) is 37.5 Å². The molecule has 0 aliphatic carbocycles. The molecule has 0 radical (unpaired) electrons. The maximum atomic E-state index is 13.1. The van der Waals surface area contributed by atoms with E-state index in [1.807, 2.05) is 0 Å². The van der Waals surface area contributed by atoms with Crippen LogP contribution in [0.15, 0.2) is 0 Å². The number of phosphoric acid groups is 2. The molecule has 6 atom stereocenters. The molecule has 0 aromatic carbocycles. The Morgan fingerprint density at radius 3 is 0.745 bits per heavy atom. The Hall–Kier alpha value is -1.94. The Balaban J connectivity index is 5.10. The van der Waals surface area contributed by atoms with Crippen LogP contribution in [0.1, 0.15) is 440 Å². The first-order valence-corrected chi connectivity index (χ1v) is 46.0. The number of hydrogen-bond donors (Lipinski definition) is 3. The zero-order valence-electron chi connectivity index (χ0n) is 66.9. The monoisotopic (exact) mass is 1490 g/mol. The predicted molar refractivity (Wildman–Crippen MR) is 418 cm³/mol. The molecule has 102 heavy (non-hydrogen) atoms. The molecule has 0 heterocycles. The minimum Gasteiger partial charge on any atom is -0.462 e. The van der Waals surface area contributed by atoms with Crippen molar-refractivity contribution in [3.8, 4) is 0 Å². The van der Waals surface area contributed by atoms with E-state index < -0.39 is 97.5 Å². The number of unbranched alkanes of at least 4 members (excludes halogenated alkanes) is 51. The maximum Gasteiger partial charge on any atom is 0.472 e. The minimum absolute atomic E-state index is 0.106. The molecule has 0 amide bonds. The van der Waals surface area contributed by atoms with Crippen molar-refractivity contribution in [2.45, 2.75) is 458 Å². The van der Waals surface area contributed by atoms with Crippen LogP contribution in [0.25, 0.3) is 0 Å². The highest BCUT2D eigenvalue weighted by Gasteiger charge is 2.30. The summed E-state index contributed by atoms with van der Waals surface area (Å²) in [6.07, 6.45) is 65.8. The molecule has 0 spiro atoms. The summed E-state index contributed by atoms with van der Waals surface area (Å²) in [6, 6.07) is 0. The van der Waals surface area contributed by atoms with Crippen molar-refractivity contribution in [2.24, 2.45) is 11.8 Å². The van der Waals surface area contributed by atoms with E-state index in [9.17, 15) is 43.2 Å². The van der Waals surface area contributed by atoms with E-state index in [-0.39, 0.29) is 25.7 Å². The lowest BCUT2D eigenvalue weighted by atomic mass is 9.99. The number of esters is 4. The number of rotatable bonds is 82. The molecule has 0 bridgehead atoms. The van der Waals surface area contributed by atoms with Gasteiger partial charge in [0.25, 0.3) is 0 Å². The summed E-state index contributed by atoms with van der Waals surface area (Å²) in [5.74, 6) is -0.483. The third-order valence-electron chi connectivity index (χ3n) is 19.8. The van der Waals surface area contributed by atoms with Crippen LogP contribution in [-0.4, -0.2) is 96.7 Å². The van der Waals surface area contributed by atoms with Crippen LogP contribution >= 0.6 is 15.6 Å². The molecular weight excluding hydrogens is 1330 g/mol. The molecule has 0 aromatic heterocycles. The smallest absolute Gasteiger partial charge is 0.462 e. The van der Waals surface area contributed by atoms with Crippen molar-refractivity contribution >= 4 is 39.5 Å². The zero-order valence-corrected chi connectivity index (χ0v) is 68.7. The summed E-state index contributed by atoms with van der Waals surface area (Å²) in [4.78, 5) is 72.8. The third kappa shape index (κ3) is 74.9. The Morgan fingerprint density at radius 2 is 0.500 bits per heavy atom. The highest BCUT2D eigenvalue weighted by atomic mass is 31.2. The summed E-state index contributed by atoms with van der Waals surface area (Å²) >= 11 is 0. The first kappa shape index (κ1) is 100. The molecule has 17 nitrogen and oxygen atoms in total. The fraction of sp³-hybridized carbons (Fsp3) is 0.952. The number of aliphatic hydroxyl groups is 1. The first-order chi connectivity index (χ1) is 49.4. The summed E-state index contributed by atoms with van der Waals surface area (Å²) in [6.45, 7) is 9.61. The normalized spacial score (nSPS) is 14.1. The van der Waals surface area contributed by atoms with Crippen LogP contribution < -0.4 is 0 Å². The molecule has 0 saturated carbocycles. The van der Waals surface area contributed by atoms with Crippen molar-refractivity contribution < 1.29 is 80.2 Å². The number of carbonyl (C=O) groups is 4. The molecule has 0 rings (SSSR count). The lowest BCUT2D eigenvalue weighted by molar-refractivity contribution is -0.161. The molecule has 3 N–H and O–H groups in total. The lowest BCUT2D eigenvalue weighted by Gasteiger charge is -2.21. The van der Waals surface area contributed by atoms with Gasteiger partial charge in [-0.2, -0.15) is 0 Å². The van der Waals surface area contributed by atoms with Crippen LogP contribution in [0.2, 0.25) is 0 Å². The Morgan fingerprint density at radius 1 is 0.284 bits per heavy atom. The fourth-order valence-corrected chi connectivity index (χ4v) is 14.4. The number of ether oxygens (including phenoxy) is 4. The van der Waals surface area contributed by atoms with E-state index in [0.717, 1.165) is 108 Å². The highest BCUT2D eigenvalue weighted by molar-refractivity contribution is 7.47. The van der Waals surface area contributed by atoms with Gasteiger partial charge in [-0.1, -0.05) is 388 Å². The van der Waals surface area contributed by atoms with Gasteiger partial charge in [0, 0.05) is 25.7 Å². The molecule has 3 unspecified atom stereocenters. The summed E-state index contributed by atoms with van der Waals surface area (Å²) in [7, 11) is -9.91. The molecule has 0 aliphatic heterocycles. The zero-order chi connectivity index (χ0) is 74.9. The van der Waals surface area contributed by atoms with Gasteiger partial charge in [0.05, 0.1) is 26.4 Å². The third-order valence-corrected chi connectivity index (χ3v) is 21.7. The lowest BCUT2D eigenvalue weighted by Crippen LogP contribution is -2.30. The average molecular weight is 1490 g/mol. The largest absolute Gasteiger partial charge is 0.472 e. The molecule has 606 valence electrons. The van der Waals surface area contributed by atoms with E-state index in [1.54, 1.807) is 0 Å². The van der Waals surface area contributed by atoms with Crippen molar-refractivity contribution in [1.29, 1.82) is 0 Å². The van der Waals surface area contributed by atoms with Crippen LogP contribution in [0.3, 0.4) is 0 Å². The quantitative estimate of drug-likeness (QED) is 0.0222. The highest BCUT2D eigenvalue weighted by Crippen LogP contribution is 2.45. The maximum absolute atomic E-state index is 13.1. The van der Waals surface area contributed by atoms with Gasteiger partial charge in [0.2, 0.25) is 0 Å². The van der Waals surface area contributed by atoms with Crippen molar-refractivity contribution in [2.75, 3.05) is 39.6 Å². The minimum atomic E-state index is -4.96. The molecule has 0 fully saturated rings. The molecule has 0 saturated heterocycles. The van der Waals surface area contributed by atoms with Crippen molar-refractivity contribution in [1.82, 2.24) is 0 Å². The first-order valence-electron chi connectivity index (χ1n) is 43.0. The number of hydrogen-bond acceptors (Lipinski definition) is 15. The van der Waals surface area contributed by atoms with Crippen LogP contribution in [0.4, 0.5) is 0 Å². The van der Waals surface area contributed by atoms with Crippen LogP contribution in [0, 0.1) is 11.8 Å². The average Bonchev–Trinajstić information content (AvgIpc) is 0.908. The van der Waals surface area contributed by atoms with Gasteiger partial charge in [0.15, 0.2) is 12.2 Å². The van der Waals surface area contributed by atoms with E-state index in [0.29, 0.717) is 25.7 Å². The fourth-order valence-electron chi connectivity index (χ4n) is 12.9. The Labute approximate surface area is 626 Å². The van der Waals surface area contributed by atoms with E-state index >= 15 is 0 Å². The van der Waals surface area contributed by atoms with Crippen molar-refractivity contribution in [3.05, 3.63) is 0 Å². The van der Waals surface area contributed by atoms with Crippen LogP contribution in [-0.2, 0) is 65.4 Å². The van der Waals surface area contributed by atoms with Gasteiger partial charge in [-0.25, -0.2) is 9.13 Å². The van der Waals surface area contributed by atoms with Gasteiger partial charge >= 0.3 is 39.5 Å². The number of aliphatic hydroxyl groups excluding tert-OH is 1. The standard InChI is InChI=1S/C83H162O17P2/c1-7-10-12-14-15-16-17-18-19-20-21-22-23-27-30-33-38-43-48-54-60-66-81(86)94-72-79(100-83(88)67-61-55-49-44-39-34-31-28-25-24-26-29-32-37-42-47-53-58-64-76(6)9-3)74-98-102(91,92)96-70-77(84)69-95-101(89,90)97-73-78(71-93-80(85)65-59-51-13-11-8-2)99-82(87)68-62-56-50-45-40-35-36-41-46-52-57-63-75(4)5/h75-79,84H,7-74H2,1-6H3,(H,89,90)(H,91,92)/t76?,77-,78+,79+/m0/s1. The van der Waals surface area contributed by atoms with Crippen molar-refractivity contribution in [3.63, 3.8) is 0 Å². The summed E-state index contributed by atoms with van der Waals surface area (Å²) in [5, 5.41) is 10.6. The van der Waals surface area contributed by atoms with Gasteiger partial charge in [0.1, 0.15) is 19.3 Å². The predicted octanol–water partition coefficient (Wildman–Crippen LogP) is 25.1. The number of phosphoric ester groups is 2. The van der Waals surface area contributed by atoms with E-state index in [1.165, 1.54) is 250 Å². The topological polar surface area (TPSA) is 237 Å². The Kier molecular flexibility index (Phi) is 73.1.